The van der Waals surface area contributed by atoms with Crippen molar-refractivity contribution in [2.75, 3.05) is 12.3 Å². The molecule has 3 atom stereocenters. The fraction of sp³-hybridized carbons (Fsp3) is 0.611. The molecule has 1 fully saturated rings. The second-order valence-electron chi connectivity index (χ2n) is 6.48. The topological polar surface area (TPSA) is 119 Å². The number of nitrogen functional groups attached to an aromatic ring is 1. The zero-order valence-electron chi connectivity index (χ0n) is 14.9. The molecule has 0 unspecified atom stereocenters. The van der Waals surface area contributed by atoms with E-state index in [2.05, 4.69) is 33.7 Å². The molecule has 0 radical (unpaired) electrons. The van der Waals surface area contributed by atoms with Gasteiger partial charge in [0.15, 0.2) is 11.5 Å². The van der Waals surface area contributed by atoms with Crippen molar-refractivity contribution in [3.05, 3.63) is 12.2 Å². The molecule has 1 aliphatic rings. The molecule has 2 aromatic heterocycles. The van der Waals surface area contributed by atoms with Crippen molar-refractivity contribution < 1.29 is 14.9 Å². The summed E-state index contributed by atoms with van der Waals surface area (Å²) >= 11 is 0. The molecule has 1 aliphatic heterocycles. The van der Waals surface area contributed by atoms with E-state index in [9.17, 15) is 10.2 Å². The summed E-state index contributed by atoms with van der Waals surface area (Å²) in [5, 5.41) is 19.2. The van der Waals surface area contributed by atoms with E-state index >= 15 is 0 Å². The van der Waals surface area contributed by atoms with Crippen LogP contribution in [0.1, 0.15) is 57.5 Å². The van der Waals surface area contributed by atoms with Crippen LogP contribution in [-0.2, 0) is 4.74 Å². The predicted octanol–water partition coefficient (Wildman–Crippen LogP) is 1.37. The van der Waals surface area contributed by atoms with E-state index in [1.807, 2.05) is 0 Å². The number of ether oxygens (including phenoxy) is 1. The predicted molar refractivity (Wildman–Crippen MR) is 97.0 cm³/mol. The number of nitrogens with zero attached hydrogens (tertiary/aromatic N) is 4. The monoisotopic (exact) mass is 359 g/mol. The smallest absolute Gasteiger partial charge is 0.208 e. The molecule has 0 aliphatic carbocycles. The van der Waals surface area contributed by atoms with Crippen LogP contribution in [-0.4, -0.2) is 48.5 Å². The Labute approximate surface area is 152 Å². The molecular formula is C18H25N5O3. The summed E-state index contributed by atoms with van der Waals surface area (Å²) in [6, 6.07) is 0. The van der Waals surface area contributed by atoms with E-state index in [-0.39, 0.29) is 12.4 Å². The van der Waals surface area contributed by atoms with Gasteiger partial charge >= 0.3 is 0 Å². The highest BCUT2D eigenvalue weighted by atomic mass is 16.5. The van der Waals surface area contributed by atoms with Gasteiger partial charge in [0.1, 0.15) is 17.8 Å². The Balaban J connectivity index is 1.80. The number of anilines is 1. The molecule has 26 heavy (non-hydrogen) atoms. The molecule has 0 saturated carbocycles. The Hall–Kier alpha value is -2.21. The molecule has 0 spiro atoms. The summed E-state index contributed by atoms with van der Waals surface area (Å²) < 4.78 is 7.38. The summed E-state index contributed by atoms with van der Waals surface area (Å²) in [6.45, 7) is 1.94. The van der Waals surface area contributed by atoms with Crippen LogP contribution in [0.4, 0.5) is 5.82 Å². The van der Waals surface area contributed by atoms with Gasteiger partial charge in [-0.05, 0) is 12.3 Å². The van der Waals surface area contributed by atoms with Gasteiger partial charge in [-0.1, -0.05) is 32.1 Å². The van der Waals surface area contributed by atoms with Crippen molar-refractivity contribution in [3.8, 4) is 11.8 Å². The number of imidazole rings is 1. The van der Waals surface area contributed by atoms with Crippen molar-refractivity contribution in [1.82, 2.24) is 19.5 Å². The summed E-state index contributed by atoms with van der Waals surface area (Å²) in [6.07, 6.45) is 5.56. The summed E-state index contributed by atoms with van der Waals surface area (Å²) in [7, 11) is 0. The first-order valence-corrected chi connectivity index (χ1v) is 9.07. The van der Waals surface area contributed by atoms with Crippen molar-refractivity contribution in [2.24, 2.45) is 0 Å². The van der Waals surface area contributed by atoms with Gasteiger partial charge in [0.2, 0.25) is 5.82 Å². The minimum atomic E-state index is -0.732. The average Bonchev–Trinajstić information content (AvgIpc) is 3.21. The highest BCUT2D eigenvalue weighted by molar-refractivity contribution is 5.82. The van der Waals surface area contributed by atoms with Crippen LogP contribution in [0.2, 0.25) is 0 Å². The molecule has 3 rings (SSSR count). The number of hydrogen-bond donors (Lipinski definition) is 3. The molecular weight excluding hydrogens is 334 g/mol. The third-order valence-corrected chi connectivity index (χ3v) is 4.50. The van der Waals surface area contributed by atoms with E-state index in [0.29, 0.717) is 23.4 Å². The average molecular weight is 359 g/mol. The number of unbranched alkanes of at least 4 members (excludes halogenated alkanes) is 4. The highest BCUT2D eigenvalue weighted by Gasteiger charge is 2.35. The SMILES string of the molecule is CCCCCCC#Cc1nc(N)c2ncn([C@H]3C[C@H](O)[C@@H](CO)O3)c2n1. The second kappa shape index (κ2) is 8.45. The lowest BCUT2D eigenvalue weighted by atomic mass is 10.2. The third-order valence-electron chi connectivity index (χ3n) is 4.50. The lowest BCUT2D eigenvalue weighted by Gasteiger charge is -2.13. The first kappa shape index (κ1) is 18.6. The number of aliphatic hydroxyl groups excluding tert-OH is 2. The number of aromatic nitrogens is 4. The standard InChI is InChI=1S/C18H25N5O3/c1-2-3-4-5-6-7-8-14-21-17(19)16-18(22-14)23(11-20-16)15-9-12(25)13(10-24)26-15/h11-13,15,24-25H,2-6,9-10H2,1H3,(H2,19,21,22)/t12-,13+,15+/m0/s1. The third kappa shape index (κ3) is 3.96. The van der Waals surface area contributed by atoms with Gasteiger partial charge in [-0.2, -0.15) is 0 Å². The number of rotatable bonds is 6. The number of aliphatic hydroxyl groups is 2. The summed E-state index contributed by atoms with van der Waals surface area (Å²) in [5.74, 6) is 6.68. The van der Waals surface area contributed by atoms with Crippen LogP contribution in [0.3, 0.4) is 0 Å². The van der Waals surface area contributed by atoms with Gasteiger partial charge in [-0.25, -0.2) is 15.0 Å². The maximum absolute atomic E-state index is 9.95. The summed E-state index contributed by atoms with van der Waals surface area (Å²) in [5.41, 5.74) is 6.99. The van der Waals surface area contributed by atoms with E-state index in [1.165, 1.54) is 19.3 Å². The Bertz CT molecular complexity index is 810. The fourth-order valence-electron chi connectivity index (χ4n) is 3.04. The second-order valence-corrected chi connectivity index (χ2v) is 6.48. The first-order valence-electron chi connectivity index (χ1n) is 9.07. The van der Waals surface area contributed by atoms with Crippen LogP contribution in [0.25, 0.3) is 11.2 Å². The van der Waals surface area contributed by atoms with Gasteiger partial charge in [-0.3, -0.25) is 4.57 Å². The quantitative estimate of drug-likeness (QED) is 0.526. The minimum Gasteiger partial charge on any atom is -0.394 e. The number of nitrogens with two attached hydrogens (primary N) is 1. The number of hydrogen-bond acceptors (Lipinski definition) is 7. The van der Waals surface area contributed by atoms with Gasteiger partial charge in [0, 0.05) is 12.8 Å². The first-order chi connectivity index (χ1) is 12.6. The van der Waals surface area contributed by atoms with Crippen LogP contribution < -0.4 is 5.73 Å². The largest absolute Gasteiger partial charge is 0.394 e. The zero-order valence-corrected chi connectivity index (χ0v) is 14.9. The molecule has 0 aromatic carbocycles. The maximum atomic E-state index is 9.95. The molecule has 0 amide bonds. The van der Waals surface area contributed by atoms with Crippen molar-refractivity contribution in [2.45, 2.75) is 63.9 Å². The molecule has 0 bridgehead atoms. The zero-order chi connectivity index (χ0) is 18.5. The Kier molecular flexibility index (Phi) is 6.04. The molecule has 8 nitrogen and oxygen atoms in total. The minimum absolute atomic E-state index is 0.240. The van der Waals surface area contributed by atoms with Crippen molar-refractivity contribution >= 4 is 17.0 Å². The van der Waals surface area contributed by atoms with Crippen LogP contribution in [0.5, 0.6) is 0 Å². The Morgan fingerprint density at radius 3 is 2.92 bits per heavy atom. The lowest BCUT2D eigenvalue weighted by Crippen LogP contribution is -2.24. The van der Waals surface area contributed by atoms with E-state index in [1.54, 1.807) is 10.9 Å². The van der Waals surface area contributed by atoms with Gasteiger partial charge < -0.3 is 20.7 Å². The van der Waals surface area contributed by atoms with E-state index < -0.39 is 18.4 Å². The van der Waals surface area contributed by atoms with Crippen molar-refractivity contribution in [3.63, 3.8) is 0 Å². The van der Waals surface area contributed by atoms with Crippen LogP contribution in [0, 0.1) is 11.8 Å². The molecule has 1 saturated heterocycles. The number of fused-ring (bicyclic) bond motifs is 1. The Morgan fingerprint density at radius 1 is 1.35 bits per heavy atom. The maximum Gasteiger partial charge on any atom is 0.208 e. The Morgan fingerprint density at radius 2 is 2.19 bits per heavy atom. The molecule has 4 N–H and O–H groups in total. The molecule has 3 heterocycles. The van der Waals surface area contributed by atoms with Gasteiger partial charge in [0.25, 0.3) is 0 Å². The van der Waals surface area contributed by atoms with Gasteiger partial charge in [0.05, 0.1) is 19.0 Å². The fourth-order valence-corrected chi connectivity index (χ4v) is 3.04. The van der Waals surface area contributed by atoms with Crippen molar-refractivity contribution in [1.29, 1.82) is 0 Å². The lowest BCUT2D eigenvalue weighted by molar-refractivity contribution is -0.0432. The molecule has 140 valence electrons. The normalized spacial score (nSPS) is 22.5. The van der Waals surface area contributed by atoms with Gasteiger partial charge in [-0.15, -0.1) is 0 Å². The van der Waals surface area contributed by atoms with E-state index in [4.69, 9.17) is 10.5 Å². The summed E-state index contributed by atoms with van der Waals surface area (Å²) in [4.78, 5) is 12.9. The van der Waals surface area contributed by atoms with E-state index in [0.717, 1.165) is 12.8 Å². The molecule has 2 aromatic rings. The van der Waals surface area contributed by atoms with Crippen LogP contribution in [0.15, 0.2) is 6.33 Å². The highest BCUT2D eigenvalue weighted by Crippen LogP contribution is 2.31. The van der Waals surface area contributed by atoms with Crippen LogP contribution >= 0.6 is 0 Å². The molecule has 8 heteroatoms.